The Morgan fingerprint density at radius 1 is 1.24 bits per heavy atom. The zero-order chi connectivity index (χ0) is 23.6. The predicted molar refractivity (Wildman–Crippen MR) is 115 cm³/mol. The van der Waals surface area contributed by atoms with E-state index in [9.17, 15) is 23.1 Å². The molecule has 8 nitrogen and oxygen atoms in total. The molecule has 33 heavy (non-hydrogen) atoms. The fourth-order valence-corrected chi connectivity index (χ4v) is 3.35. The Morgan fingerprint density at radius 3 is 2.82 bits per heavy atom. The molecule has 1 aliphatic heterocycles. The van der Waals surface area contributed by atoms with E-state index in [0.717, 1.165) is 11.3 Å². The van der Waals surface area contributed by atoms with Crippen molar-refractivity contribution < 1.29 is 27.8 Å². The summed E-state index contributed by atoms with van der Waals surface area (Å²) in [5, 5.41) is 18.0. The molecule has 0 aliphatic carbocycles. The summed E-state index contributed by atoms with van der Waals surface area (Å²) in [5.41, 5.74) is 1.37. The molecular weight excluding hydrogens is 439 g/mol. The highest BCUT2D eigenvalue weighted by molar-refractivity contribution is 5.94. The number of carbonyl (C=O) groups excluding carboxylic acids is 1. The van der Waals surface area contributed by atoms with E-state index in [-0.39, 0.29) is 17.3 Å². The van der Waals surface area contributed by atoms with Gasteiger partial charge < -0.3 is 25.8 Å². The van der Waals surface area contributed by atoms with Gasteiger partial charge in [0.25, 0.3) is 5.91 Å². The topological polar surface area (TPSA) is 108 Å². The van der Waals surface area contributed by atoms with E-state index in [1.165, 1.54) is 31.3 Å². The number of aliphatic hydroxyl groups is 1. The average Bonchev–Trinajstić information content (AvgIpc) is 2.78. The fraction of sp³-hybridized carbons (Fsp3) is 0.227. The van der Waals surface area contributed by atoms with E-state index in [0.29, 0.717) is 24.7 Å². The number of nitrogens with one attached hydrogen (secondary N) is 3. The Hall–Kier alpha value is -3.86. The summed E-state index contributed by atoms with van der Waals surface area (Å²) in [6, 6.07) is 11.0. The number of anilines is 3. The van der Waals surface area contributed by atoms with Crippen LogP contribution in [0.3, 0.4) is 0 Å². The number of ether oxygens (including phenoxy) is 1. The van der Waals surface area contributed by atoms with E-state index in [1.54, 1.807) is 12.1 Å². The number of amides is 1. The average molecular weight is 459 g/mol. The molecule has 0 saturated carbocycles. The SMILES string of the molecule is CNC(=O)c1cccc(Oc2nc(Nc3ccc4c(c3)CCC(O)N4)ncc2C(F)(F)F)c1. The van der Waals surface area contributed by atoms with Crippen molar-refractivity contribution in [3.8, 4) is 11.6 Å². The minimum absolute atomic E-state index is 0.0182. The monoisotopic (exact) mass is 459 g/mol. The third kappa shape index (κ3) is 5.14. The Labute approximate surface area is 186 Å². The lowest BCUT2D eigenvalue weighted by molar-refractivity contribution is -0.139. The summed E-state index contributed by atoms with van der Waals surface area (Å²) < 4.78 is 46.0. The summed E-state index contributed by atoms with van der Waals surface area (Å²) in [5.74, 6) is -1.18. The summed E-state index contributed by atoms with van der Waals surface area (Å²) in [4.78, 5) is 19.5. The van der Waals surface area contributed by atoms with Gasteiger partial charge in [-0.1, -0.05) is 6.07 Å². The van der Waals surface area contributed by atoms with Crippen molar-refractivity contribution in [2.75, 3.05) is 17.7 Å². The van der Waals surface area contributed by atoms with Crippen molar-refractivity contribution in [3.05, 3.63) is 65.4 Å². The summed E-state index contributed by atoms with van der Waals surface area (Å²) in [7, 11) is 1.44. The van der Waals surface area contributed by atoms with Crippen LogP contribution in [0, 0.1) is 0 Å². The molecule has 2 heterocycles. The molecule has 1 amide bonds. The van der Waals surface area contributed by atoms with Gasteiger partial charge in [-0.15, -0.1) is 0 Å². The molecule has 3 aromatic rings. The zero-order valence-corrected chi connectivity index (χ0v) is 17.4. The van der Waals surface area contributed by atoms with Crippen LogP contribution in [-0.4, -0.2) is 34.3 Å². The van der Waals surface area contributed by atoms with Crippen LogP contribution in [0.2, 0.25) is 0 Å². The number of fused-ring (bicyclic) bond motifs is 1. The minimum atomic E-state index is -4.75. The van der Waals surface area contributed by atoms with Crippen LogP contribution < -0.4 is 20.7 Å². The van der Waals surface area contributed by atoms with E-state index >= 15 is 0 Å². The number of benzene rings is 2. The largest absolute Gasteiger partial charge is 0.438 e. The first-order chi connectivity index (χ1) is 15.7. The van der Waals surface area contributed by atoms with Crippen molar-refractivity contribution in [1.29, 1.82) is 0 Å². The molecule has 1 aliphatic rings. The van der Waals surface area contributed by atoms with Crippen molar-refractivity contribution in [2.45, 2.75) is 25.2 Å². The van der Waals surface area contributed by atoms with Crippen LogP contribution in [-0.2, 0) is 12.6 Å². The van der Waals surface area contributed by atoms with E-state index in [2.05, 4.69) is 25.9 Å². The lowest BCUT2D eigenvalue weighted by Gasteiger charge is -2.23. The lowest BCUT2D eigenvalue weighted by Crippen LogP contribution is -2.24. The number of hydrogen-bond donors (Lipinski definition) is 4. The summed E-state index contributed by atoms with van der Waals surface area (Å²) >= 11 is 0. The zero-order valence-electron chi connectivity index (χ0n) is 17.4. The van der Waals surface area contributed by atoms with Gasteiger partial charge in [-0.05, 0) is 54.8 Å². The van der Waals surface area contributed by atoms with Crippen molar-refractivity contribution in [3.63, 3.8) is 0 Å². The number of aromatic nitrogens is 2. The quantitative estimate of drug-likeness (QED) is 0.456. The normalized spacial score (nSPS) is 15.2. The van der Waals surface area contributed by atoms with Crippen molar-refractivity contribution >= 4 is 23.2 Å². The molecule has 11 heteroatoms. The van der Waals surface area contributed by atoms with Crippen LogP contribution in [0.4, 0.5) is 30.5 Å². The number of alkyl halides is 3. The van der Waals surface area contributed by atoms with Crippen LogP contribution in [0.1, 0.15) is 27.9 Å². The molecule has 0 bridgehead atoms. The maximum atomic E-state index is 13.5. The van der Waals surface area contributed by atoms with Crippen LogP contribution in [0.15, 0.2) is 48.7 Å². The van der Waals surface area contributed by atoms with Crippen LogP contribution in [0.5, 0.6) is 11.6 Å². The maximum absolute atomic E-state index is 13.5. The Balaban J connectivity index is 1.63. The third-order valence-corrected chi connectivity index (χ3v) is 4.97. The van der Waals surface area contributed by atoms with Gasteiger partial charge in [0.15, 0.2) is 0 Å². The molecule has 172 valence electrons. The molecule has 1 unspecified atom stereocenters. The summed E-state index contributed by atoms with van der Waals surface area (Å²) in [6.45, 7) is 0. The second kappa shape index (κ2) is 8.94. The molecular formula is C22H20F3N5O3. The first kappa shape index (κ1) is 22.3. The molecule has 1 atom stereocenters. The number of rotatable bonds is 5. The van der Waals surface area contributed by atoms with Gasteiger partial charge in [0.1, 0.15) is 17.5 Å². The van der Waals surface area contributed by atoms with Gasteiger partial charge in [0, 0.05) is 30.2 Å². The standard InChI is InChI=1S/C22H20F3N5O3/c1-26-19(32)13-3-2-4-15(10-13)33-20-16(22(23,24)25)11-27-21(30-20)28-14-6-7-17-12(9-14)5-8-18(31)29-17/h2-4,6-7,9-11,18,29,31H,5,8H2,1H3,(H,26,32)(H,27,28,30). The second-order valence-electron chi connectivity index (χ2n) is 7.31. The maximum Gasteiger partial charge on any atom is 0.423 e. The van der Waals surface area contributed by atoms with Gasteiger partial charge >= 0.3 is 6.18 Å². The van der Waals surface area contributed by atoms with Gasteiger partial charge in [0.05, 0.1) is 0 Å². The molecule has 4 rings (SSSR count). The van der Waals surface area contributed by atoms with Crippen LogP contribution in [0.25, 0.3) is 0 Å². The predicted octanol–water partition coefficient (Wildman–Crippen LogP) is 4.07. The highest BCUT2D eigenvalue weighted by Gasteiger charge is 2.36. The number of halogens is 3. The smallest absolute Gasteiger partial charge is 0.423 e. The van der Waals surface area contributed by atoms with E-state index < -0.39 is 29.8 Å². The number of nitrogens with zero attached hydrogens (tertiary/aromatic N) is 2. The Morgan fingerprint density at radius 2 is 2.06 bits per heavy atom. The third-order valence-electron chi connectivity index (χ3n) is 4.97. The lowest BCUT2D eigenvalue weighted by atomic mass is 10.0. The minimum Gasteiger partial charge on any atom is -0.438 e. The van der Waals surface area contributed by atoms with Crippen molar-refractivity contribution in [2.24, 2.45) is 0 Å². The first-order valence-corrected chi connectivity index (χ1v) is 10.0. The van der Waals surface area contributed by atoms with Gasteiger partial charge in [-0.25, -0.2) is 4.98 Å². The van der Waals surface area contributed by atoms with E-state index in [4.69, 9.17) is 4.74 Å². The van der Waals surface area contributed by atoms with E-state index in [1.807, 2.05) is 6.07 Å². The molecule has 0 radical (unpaired) electrons. The molecule has 1 aromatic heterocycles. The molecule has 0 fully saturated rings. The highest BCUT2D eigenvalue weighted by Crippen LogP contribution is 2.37. The first-order valence-electron chi connectivity index (χ1n) is 10.0. The van der Waals surface area contributed by atoms with Gasteiger partial charge in [-0.3, -0.25) is 4.79 Å². The number of carbonyl (C=O) groups is 1. The molecule has 2 aromatic carbocycles. The summed E-state index contributed by atoms with van der Waals surface area (Å²) in [6.07, 6.45) is -3.53. The molecule has 0 spiro atoms. The second-order valence-corrected chi connectivity index (χ2v) is 7.31. The fourth-order valence-electron chi connectivity index (χ4n) is 3.35. The highest BCUT2D eigenvalue weighted by atomic mass is 19.4. The number of aryl methyl sites for hydroxylation is 1. The molecule has 0 saturated heterocycles. The van der Waals surface area contributed by atoms with Gasteiger partial charge in [0.2, 0.25) is 11.8 Å². The Kier molecular flexibility index (Phi) is 6.05. The number of hydrogen-bond acceptors (Lipinski definition) is 7. The van der Waals surface area contributed by atoms with Gasteiger partial charge in [-0.2, -0.15) is 18.2 Å². The van der Waals surface area contributed by atoms with Crippen molar-refractivity contribution in [1.82, 2.24) is 15.3 Å². The Bertz CT molecular complexity index is 1190. The molecule has 4 N–H and O–H groups in total. The van der Waals surface area contributed by atoms with Crippen LogP contribution >= 0.6 is 0 Å². The number of aliphatic hydroxyl groups excluding tert-OH is 1.